The van der Waals surface area contributed by atoms with Crippen LogP contribution in [0.5, 0.6) is 0 Å². The lowest BCUT2D eigenvalue weighted by atomic mass is 9.74. The number of aromatic nitrogens is 1. The lowest BCUT2D eigenvalue weighted by Gasteiger charge is -2.35. The molecule has 1 aliphatic heterocycles. The first-order valence-corrected chi connectivity index (χ1v) is 7.36. The Hall–Kier alpha value is -1.42. The SMILES string of the molecule is CC(C)(C(=O)NCCc1ccccn1)C1CCOCC1. The van der Waals surface area contributed by atoms with Gasteiger partial charge in [0.2, 0.25) is 5.91 Å². The summed E-state index contributed by atoms with van der Waals surface area (Å²) in [4.78, 5) is 16.6. The van der Waals surface area contributed by atoms with Crippen LogP contribution >= 0.6 is 0 Å². The van der Waals surface area contributed by atoms with Gasteiger partial charge in [-0.1, -0.05) is 19.9 Å². The third kappa shape index (κ3) is 3.79. The highest BCUT2D eigenvalue weighted by atomic mass is 16.5. The molecule has 20 heavy (non-hydrogen) atoms. The molecule has 2 rings (SSSR count). The zero-order valence-electron chi connectivity index (χ0n) is 12.4. The first-order valence-electron chi connectivity index (χ1n) is 7.36. The molecule has 1 amide bonds. The molecule has 0 unspecified atom stereocenters. The summed E-state index contributed by atoms with van der Waals surface area (Å²) in [6.07, 6.45) is 4.50. The van der Waals surface area contributed by atoms with Crippen molar-refractivity contribution in [1.29, 1.82) is 0 Å². The van der Waals surface area contributed by atoms with Crippen LogP contribution in [-0.2, 0) is 16.0 Å². The number of rotatable bonds is 5. The maximum Gasteiger partial charge on any atom is 0.225 e. The van der Waals surface area contributed by atoms with E-state index in [0.717, 1.165) is 38.2 Å². The molecule has 1 N–H and O–H groups in total. The lowest BCUT2D eigenvalue weighted by Crippen LogP contribution is -2.44. The summed E-state index contributed by atoms with van der Waals surface area (Å²) in [5.41, 5.74) is 0.685. The molecule has 0 aliphatic carbocycles. The second kappa shape index (κ2) is 6.84. The van der Waals surface area contributed by atoms with Crippen LogP contribution in [0.3, 0.4) is 0 Å². The van der Waals surface area contributed by atoms with E-state index in [1.807, 2.05) is 32.0 Å². The molecule has 0 aromatic carbocycles. The van der Waals surface area contributed by atoms with Crippen molar-refractivity contribution in [3.8, 4) is 0 Å². The van der Waals surface area contributed by atoms with Crippen LogP contribution in [0.2, 0.25) is 0 Å². The number of pyridine rings is 1. The minimum Gasteiger partial charge on any atom is -0.381 e. The molecule has 110 valence electrons. The Bertz CT molecular complexity index is 425. The molecule has 1 fully saturated rings. The van der Waals surface area contributed by atoms with Gasteiger partial charge in [0.1, 0.15) is 0 Å². The van der Waals surface area contributed by atoms with Crippen molar-refractivity contribution in [3.63, 3.8) is 0 Å². The summed E-state index contributed by atoms with van der Waals surface area (Å²) < 4.78 is 5.37. The molecule has 0 spiro atoms. The fourth-order valence-electron chi connectivity index (χ4n) is 2.68. The molecule has 0 saturated carbocycles. The number of nitrogens with zero attached hydrogens (tertiary/aromatic N) is 1. The first kappa shape index (κ1) is 15.0. The molecule has 0 atom stereocenters. The highest BCUT2D eigenvalue weighted by molar-refractivity contribution is 5.82. The van der Waals surface area contributed by atoms with Crippen molar-refractivity contribution in [1.82, 2.24) is 10.3 Å². The average molecular weight is 276 g/mol. The minimum absolute atomic E-state index is 0.139. The van der Waals surface area contributed by atoms with E-state index in [4.69, 9.17) is 4.74 Å². The maximum absolute atomic E-state index is 12.4. The summed E-state index contributed by atoms with van der Waals surface area (Å²) in [7, 11) is 0. The summed E-state index contributed by atoms with van der Waals surface area (Å²) in [5.74, 6) is 0.548. The zero-order chi connectivity index (χ0) is 14.4. The monoisotopic (exact) mass is 276 g/mol. The zero-order valence-corrected chi connectivity index (χ0v) is 12.4. The smallest absolute Gasteiger partial charge is 0.225 e. The van der Waals surface area contributed by atoms with Crippen LogP contribution in [0.25, 0.3) is 0 Å². The van der Waals surface area contributed by atoms with Crippen molar-refractivity contribution in [2.24, 2.45) is 11.3 Å². The normalized spacial score (nSPS) is 16.9. The van der Waals surface area contributed by atoms with Crippen molar-refractivity contribution in [2.75, 3.05) is 19.8 Å². The van der Waals surface area contributed by atoms with Gasteiger partial charge in [-0.15, -0.1) is 0 Å². The number of carbonyl (C=O) groups excluding carboxylic acids is 1. The summed E-state index contributed by atoms with van der Waals surface area (Å²) >= 11 is 0. The molecule has 1 aromatic rings. The predicted octanol–water partition coefficient (Wildman–Crippen LogP) is 2.19. The van der Waals surface area contributed by atoms with Crippen LogP contribution < -0.4 is 5.32 Å². The molecule has 1 aromatic heterocycles. The molecule has 0 radical (unpaired) electrons. The predicted molar refractivity (Wildman–Crippen MR) is 78.3 cm³/mol. The average Bonchev–Trinajstić information content (AvgIpc) is 2.49. The lowest BCUT2D eigenvalue weighted by molar-refractivity contribution is -0.134. The van der Waals surface area contributed by atoms with Gasteiger partial charge in [0.25, 0.3) is 0 Å². The summed E-state index contributed by atoms with van der Waals surface area (Å²) in [6, 6.07) is 5.85. The molecule has 4 heteroatoms. The van der Waals surface area contributed by atoms with Gasteiger partial charge in [-0.3, -0.25) is 9.78 Å². The van der Waals surface area contributed by atoms with Gasteiger partial charge in [-0.2, -0.15) is 0 Å². The van der Waals surface area contributed by atoms with Crippen LogP contribution in [-0.4, -0.2) is 30.6 Å². The quantitative estimate of drug-likeness (QED) is 0.897. The fraction of sp³-hybridized carbons (Fsp3) is 0.625. The second-order valence-electron chi connectivity index (χ2n) is 5.94. The van der Waals surface area contributed by atoms with Gasteiger partial charge in [-0.05, 0) is 30.9 Å². The van der Waals surface area contributed by atoms with E-state index in [9.17, 15) is 4.79 Å². The molecular weight excluding hydrogens is 252 g/mol. The Kier molecular flexibility index (Phi) is 5.12. The third-order valence-electron chi connectivity index (χ3n) is 4.22. The largest absolute Gasteiger partial charge is 0.381 e. The van der Waals surface area contributed by atoms with E-state index in [2.05, 4.69) is 10.3 Å². The van der Waals surface area contributed by atoms with E-state index in [1.165, 1.54) is 0 Å². The summed E-state index contributed by atoms with van der Waals surface area (Å²) in [5, 5.41) is 3.05. The molecule has 0 bridgehead atoms. The molecular formula is C16H24N2O2. The van der Waals surface area contributed by atoms with Gasteiger partial charge in [0.15, 0.2) is 0 Å². The summed E-state index contributed by atoms with van der Waals surface area (Å²) in [6.45, 7) is 6.27. The van der Waals surface area contributed by atoms with Crippen LogP contribution in [0.15, 0.2) is 24.4 Å². The van der Waals surface area contributed by atoms with Crippen molar-refractivity contribution in [3.05, 3.63) is 30.1 Å². The van der Waals surface area contributed by atoms with E-state index in [-0.39, 0.29) is 11.3 Å². The van der Waals surface area contributed by atoms with Gasteiger partial charge in [0.05, 0.1) is 0 Å². The van der Waals surface area contributed by atoms with E-state index >= 15 is 0 Å². The number of carbonyl (C=O) groups is 1. The van der Waals surface area contributed by atoms with E-state index < -0.39 is 0 Å². The Morgan fingerprint density at radius 2 is 2.15 bits per heavy atom. The van der Waals surface area contributed by atoms with E-state index in [0.29, 0.717) is 12.5 Å². The molecule has 1 aliphatic rings. The third-order valence-corrected chi connectivity index (χ3v) is 4.22. The molecule has 4 nitrogen and oxygen atoms in total. The Morgan fingerprint density at radius 1 is 1.40 bits per heavy atom. The number of ether oxygens (including phenoxy) is 1. The van der Waals surface area contributed by atoms with Gasteiger partial charge in [0, 0.05) is 43.5 Å². The Labute approximate surface area is 120 Å². The molecule has 1 saturated heterocycles. The van der Waals surface area contributed by atoms with Crippen molar-refractivity contribution in [2.45, 2.75) is 33.1 Å². The molecule has 2 heterocycles. The van der Waals surface area contributed by atoms with Gasteiger partial charge in [-0.25, -0.2) is 0 Å². The van der Waals surface area contributed by atoms with E-state index in [1.54, 1.807) is 6.20 Å². The first-order chi connectivity index (χ1) is 9.60. The number of hydrogen-bond acceptors (Lipinski definition) is 3. The second-order valence-corrected chi connectivity index (χ2v) is 5.94. The Morgan fingerprint density at radius 3 is 2.80 bits per heavy atom. The topological polar surface area (TPSA) is 51.2 Å². The minimum atomic E-state index is -0.325. The van der Waals surface area contributed by atoms with Crippen molar-refractivity contribution >= 4 is 5.91 Å². The van der Waals surface area contributed by atoms with Crippen molar-refractivity contribution < 1.29 is 9.53 Å². The van der Waals surface area contributed by atoms with Crippen LogP contribution in [0, 0.1) is 11.3 Å². The van der Waals surface area contributed by atoms with Gasteiger partial charge < -0.3 is 10.1 Å². The maximum atomic E-state index is 12.4. The highest BCUT2D eigenvalue weighted by Crippen LogP contribution is 2.34. The van der Waals surface area contributed by atoms with Gasteiger partial charge >= 0.3 is 0 Å². The Balaban J connectivity index is 1.81. The number of hydrogen-bond donors (Lipinski definition) is 1. The highest BCUT2D eigenvalue weighted by Gasteiger charge is 2.37. The fourth-order valence-corrected chi connectivity index (χ4v) is 2.68. The standard InChI is InChI=1S/C16H24N2O2/c1-16(2,13-7-11-20-12-8-13)15(19)18-10-6-14-5-3-4-9-17-14/h3-5,9,13H,6-8,10-12H2,1-2H3,(H,18,19). The number of nitrogens with one attached hydrogen (secondary N) is 1. The van der Waals surface area contributed by atoms with Crippen LogP contribution in [0.1, 0.15) is 32.4 Å². The number of amides is 1. The van der Waals surface area contributed by atoms with Crippen LogP contribution in [0.4, 0.5) is 0 Å².